The first-order valence-corrected chi connectivity index (χ1v) is 4.36. The summed E-state index contributed by atoms with van der Waals surface area (Å²) in [6.07, 6.45) is 0.485. The summed E-state index contributed by atoms with van der Waals surface area (Å²) in [6.45, 7) is 5.57. The molecule has 0 radical (unpaired) electrons. The highest BCUT2D eigenvalue weighted by Gasteiger charge is 2.01. The van der Waals surface area contributed by atoms with Crippen molar-refractivity contribution < 1.29 is 14.7 Å². The number of hydrogen-bond donors (Lipinski definition) is 2. The van der Waals surface area contributed by atoms with Crippen LogP contribution in [0, 0.1) is 0 Å². The minimum atomic E-state index is 0.0476. The predicted molar refractivity (Wildman–Crippen MR) is 49.9 cm³/mol. The molecule has 5 nitrogen and oxygen atoms in total. The number of nitrogens with zero attached hydrogens (tertiary/aromatic N) is 1. The Hall–Kier alpha value is -0.810. The summed E-state index contributed by atoms with van der Waals surface area (Å²) in [7, 11) is 0. The maximum absolute atomic E-state index is 8.22. The summed E-state index contributed by atoms with van der Waals surface area (Å²) in [5.41, 5.74) is 5.25. The van der Waals surface area contributed by atoms with Crippen LogP contribution in [0.1, 0.15) is 20.3 Å². The molecule has 0 aliphatic carbocycles. The number of rotatable bonds is 7. The summed E-state index contributed by atoms with van der Waals surface area (Å²) in [5.74, 6) is 0.184. The van der Waals surface area contributed by atoms with Gasteiger partial charge in [0.15, 0.2) is 0 Å². The van der Waals surface area contributed by atoms with Crippen LogP contribution in [-0.4, -0.2) is 37.0 Å². The van der Waals surface area contributed by atoms with E-state index < -0.39 is 0 Å². The molecular weight excluding hydrogens is 172 g/mol. The van der Waals surface area contributed by atoms with Crippen LogP contribution in [0.5, 0.6) is 0 Å². The molecule has 0 aliphatic heterocycles. The summed E-state index contributed by atoms with van der Waals surface area (Å²) in [4.78, 5) is 0. The molecule has 0 aliphatic rings. The van der Waals surface area contributed by atoms with Crippen LogP contribution in [0.15, 0.2) is 5.16 Å². The van der Waals surface area contributed by atoms with Crippen molar-refractivity contribution >= 4 is 5.84 Å². The van der Waals surface area contributed by atoms with E-state index in [1.807, 2.05) is 13.8 Å². The molecule has 13 heavy (non-hydrogen) atoms. The Labute approximate surface area is 78.5 Å². The smallest absolute Gasteiger partial charge is 0.141 e. The Morgan fingerprint density at radius 1 is 1.62 bits per heavy atom. The summed E-state index contributed by atoms with van der Waals surface area (Å²) in [5, 5.41) is 11.1. The fraction of sp³-hybridized carbons (Fsp3) is 0.875. The van der Waals surface area contributed by atoms with Crippen molar-refractivity contribution in [2.75, 3.05) is 19.8 Å². The first kappa shape index (κ1) is 12.2. The molecule has 0 fully saturated rings. The van der Waals surface area contributed by atoms with E-state index in [1.165, 1.54) is 0 Å². The highest BCUT2D eigenvalue weighted by atomic mass is 16.5. The van der Waals surface area contributed by atoms with Crippen LogP contribution < -0.4 is 5.73 Å². The van der Waals surface area contributed by atoms with Crippen LogP contribution in [0.4, 0.5) is 0 Å². The Kier molecular flexibility index (Phi) is 7.33. The first-order chi connectivity index (χ1) is 6.20. The topological polar surface area (TPSA) is 77.1 Å². The summed E-state index contributed by atoms with van der Waals surface area (Å²) in [6, 6.07) is 0. The van der Waals surface area contributed by atoms with E-state index >= 15 is 0 Å². The molecule has 0 saturated heterocycles. The molecule has 5 heteroatoms. The molecular formula is C8H18N2O3. The normalized spacial score (nSPS) is 14.5. The fourth-order valence-electron chi connectivity index (χ4n) is 0.747. The van der Waals surface area contributed by atoms with Gasteiger partial charge in [0.05, 0.1) is 19.3 Å². The highest BCUT2D eigenvalue weighted by molar-refractivity contribution is 5.79. The van der Waals surface area contributed by atoms with E-state index in [2.05, 4.69) is 5.16 Å². The Morgan fingerprint density at radius 3 is 2.85 bits per heavy atom. The SMILES string of the molecule is CCOCC(C)OCCC(N)=NO. The lowest BCUT2D eigenvalue weighted by atomic mass is 10.4. The lowest BCUT2D eigenvalue weighted by molar-refractivity contribution is -0.000654. The third-order valence-electron chi connectivity index (χ3n) is 1.45. The molecule has 1 atom stereocenters. The van der Waals surface area contributed by atoms with Gasteiger partial charge in [-0.25, -0.2) is 0 Å². The van der Waals surface area contributed by atoms with Gasteiger partial charge in [0, 0.05) is 13.0 Å². The van der Waals surface area contributed by atoms with Gasteiger partial charge in [-0.2, -0.15) is 0 Å². The monoisotopic (exact) mass is 190 g/mol. The van der Waals surface area contributed by atoms with Gasteiger partial charge in [-0.05, 0) is 13.8 Å². The standard InChI is InChI=1S/C8H18N2O3/c1-3-12-6-7(2)13-5-4-8(9)10-11/h7,11H,3-6H2,1-2H3,(H2,9,10). The Morgan fingerprint density at radius 2 is 2.31 bits per heavy atom. The van der Waals surface area contributed by atoms with Crippen molar-refractivity contribution in [2.24, 2.45) is 10.9 Å². The summed E-state index contributed by atoms with van der Waals surface area (Å²) < 4.78 is 10.5. The van der Waals surface area contributed by atoms with E-state index in [0.29, 0.717) is 26.2 Å². The molecule has 0 heterocycles. The van der Waals surface area contributed by atoms with Gasteiger partial charge in [0.2, 0.25) is 0 Å². The second-order valence-corrected chi connectivity index (χ2v) is 2.68. The molecule has 0 rings (SSSR count). The Bertz CT molecular complexity index is 150. The zero-order valence-electron chi connectivity index (χ0n) is 8.19. The maximum atomic E-state index is 8.22. The molecule has 0 bridgehead atoms. The lowest BCUT2D eigenvalue weighted by Crippen LogP contribution is -2.20. The first-order valence-electron chi connectivity index (χ1n) is 4.36. The third-order valence-corrected chi connectivity index (χ3v) is 1.45. The maximum Gasteiger partial charge on any atom is 0.141 e. The van der Waals surface area contributed by atoms with Crippen LogP contribution in [-0.2, 0) is 9.47 Å². The van der Waals surface area contributed by atoms with Gasteiger partial charge in [-0.15, -0.1) is 0 Å². The molecule has 0 spiro atoms. The van der Waals surface area contributed by atoms with Crippen molar-refractivity contribution in [2.45, 2.75) is 26.4 Å². The van der Waals surface area contributed by atoms with Crippen molar-refractivity contribution in [3.05, 3.63) is 0 Å². The average molecular weight is 190 g/mol. The zero-order chi connectivity index (χ0) is 10.1. The highest BCUT2D eigenvalue weighted by Crippen LogP contribution is 1.93. The lowest BCUT2D eigenvalue weighted by Gasteiger charge is -2.11. The zero-order valence-corrected chi connectivity index (χ0v) is 8.19. The second-order valence-electron chi connectivity index (χ2n) is 2.68. The van der Waals surface area contributed by atoms with Crippen LogP contribution in [0.2, 0.25) is 0 Å². The number of hydrogen-bond acceptors (Lipinski definition) is 4. The molecule has 1 unspecified atom stereocenters. The van der Waals surface area contributed by atoms with Crippen molar-refractivity contribution in [3.63, 3.8) is 0 Å². The predicted octanol–water partition coefficient (Wildman–Crippen LogP) is 0.565. The third kappa shape index (κ3) is 7.55. The van der Waals surface area contributed by atoms with E-state index in [4.69, 9.17) is 20.4 Å². The van der Waals surface area contributed by atoms with E-state index in [9.17, 15) is 0 Å². The van der Waals surface area contributed by atoms with Gasteiger partial charge in [0.25, 0.3) is 0 Å². The van der Waals surface area contributed by atoms with Gasteiger partial charge in [0.1, 0.15) is 5.84 Å². The Balaban J connectivity index is 3.31. The number of oxime groups is 1. The second kappa shape index (κ2) is 7.82. The average Bonchev–Trinajstić information content (AvgIpc) is 2.14. The fourth-order valence-corrected chi connectivity index (χ4v) is 0.747. The minimum absolute atomic E-state index is 0.0476. The number of nitrogens with two attached hydrogens (primary N) is 1. The number of ether oxygens (including phenoxy) is 2. The minimum Gasteiger partial charge on any atom is -0.409 e. The van der Waals surface area contributed by atoms with Gasteiger partial charge < -0.3 is 20.4 Å². The molecule has 0 aromatic carbocycles. The van der Waals surface area contributed by atoms with E-state index in [0.717, 1.165) is 0 Å². The van der Waals surface area contributed by atoms with Gasteiger partial charge in [-0.3, -0.25) is 0 Å². The molecule has 78 valence electrons. The van der Waals surface area contributed by atoms with Crippen molar-refractivity contribution in [3.8, 4) is 0 Å². The van der Waals surface area contributed by atoms with E-state index in [-0.39, 0.29) is 11.9 Å². The quantitative estimate of drug-likeness (QED) is 0.266. The molecule has 0 saturated carbocycles. The van der Waals surface area contributed by atoms with Crippen molar-refractivity contribution in [1.29, 1.82) is 0 Å². The largest absolute Gasteiger partial charge is 0.409 e. The van der Waals surface area contributed by atoms with Crippen LogP contribution in [0.3, 0.4) is 0 Å². The van der Waals surface area contributed by atoms with Gasteiger partial charge >= 0.3 is 0 Å². The van der Waals surface area contributed by atoms with Crippen LogP contribution >= 0.6 is 0 Å². The molecule has 0 aromatic heterocycles. The molecule has 3 N–H and O–H groups in total. The molecule has 0 aromatic rings. The number of amidine groups is 1. The van der Waals surface area contributed by atoms with E-state index in [1.54, 1.807) is 0 Å². The van der Waals surface area contributed by atoms with Gasteiger partial charge in [-0.1, -0.05) is 5.16 Å². The van der Waals surface area contributed by atoms with Crippen molar-refractivity contribution in [1.82, 2.24) is 0 Å². The van der Waals surface area contributed by atoms with Crippen LogP contribution in [0.25, 0.3) is 0 Å². The molecule has 0 amide bonds. The summed E-state index contributed by atoms with van der Waals surface area (Å²) >= 11 is 0.